The van der Waals surface area contributed by atoms with Gasteiger partial charge in [0, 0.05) is 29.3 Å². The van der Waals surface area contributed by atoms with Gasteiger partial charge in [-0.25, -0.2) is 0 Å². The van der Waals surface area contributed by atoms with Crippen LogP contribution >= 0.6 is 0 Å². The first kappa shape index (κ1) is 15.3. The SMILES string of the molecule is CN(C)Cc1cccc(NC(=O)Cc2c[nH]c3ccccc23)c1. The van der Waals surface area contributed by atoms with E-state index in [9.17, 15) is 4.79 Å². The molecule has 0 bridgehead atoms. The highest BCUT2D eigenvalue weighted by Gasteiger charge is 2.09. The molecule has 2 aromatic carbocycles. The van der Waals surface area contributed by atoms with Crippen molar-refractivity contribution in [2.24, 2.45) is 0 Å². The van der Waals surface area contributed by atoms with Gasteiger partial charge in [-0.15, -0.1) is 0 Å². The van der Waals surface area contributed by atoms with Crippen molar-refractivity contribution in [3.63, 3.8) is 0 Å². The van der Waals surface area contributed by atoms with Crippen molar-refractivity contribution in [2.75, 3.05) is 19.4 Å². The number of amides is 1. The standard InChI is InChI=1S/C19H21N3O/c1-22(2)13-14-6-5-7-16(10-14)21-19(23)11-15-12-20-18-9-4-3-8-17(15)18/h3-10,12,20H,11,13H2,1-2H3,(H,21,23). The number of aromatic amines is 1. The Hall–Kier alpha value is -2.59. The zero-order valence-corrected chi connectivity index (χ0v) is 13.5. The van der Waals surface area contributed by atoms with Crippen LogP contribution in [0.5, 0.6) is 0 Å². The Balaban J connectivity index is 1.70. The third-order valence-electron chi connectivity index (χ3n) is 3.74. The summed E-state index contributed by atoms with van der Waals surface area (Å²) in [4.78, 5) is 17.6. The van der Waals surface area contributed by atoms with Gasteiger partial charge in [0.2, 0.25) is 5.91 Å². The van der Waals surface area contributed by atoms with E-state index in [1.807, 2.05) is 62.8 Å². The Labute approximate surface area is 136 Å². The molecule has 0 unspecified atom stereocenters. The normalized spacial score (nSPS) is 11.1. The van der Waals surface area contributed by atoms with Crippen molar-refractivity contribution in [3.8, 4) is 0 Å². The summed E-state index contributed by atoms with van der Waals surface area (Å²) in [6, 6.07) is 16.0. The van der Waals surface area contributed by atoms with Gasteiger partial charge in [-0.2, -0.15) is 0 Å². The summed E-state index contributed by atoms with van der Waals surface area (Å²) in [5.74, 6) is -0.00300. The summed E-state index contributed by atoms with van der Waals surface area (Å²) in [7, 11) is 4.06. The number of H-pyrrole nitrogens is 1. The summed E-state index contributed by atoms with van der Waals surface area (Å²) in [5.41, 5.74) is 4.10. The molecule has 0 atom stereocenters. The van der Waals surface area contributed by atoms with Gasteiger partial charge in [0.15, 0.2) is 0 Å². The van der Waals surface area contributed by atoms with Gasteiger partial charge in [0.25, 0.3) is 0 Å². The lowest BCUT2D eigenvalue weighted by Gasteiger charge is -2.11. The Morgan fingerprint density at radius 2 is 1.96 bits per heavy atom. The summed E-state index contributed by atoms with van der Waals surface area (Å²) < 4.78 is 0. The maximum absolute atomic E-state index is 12.3. The first-order valence-corrected chi connectivity index (χ1v) is 7.70. The molecule has 2 N–H and O–H groups in total. The Bertz CT molecular complexity index is 820. The van der Waals surface area contributed by atoms with Crippen LogP contribution in [0.2, 0.25) is 0 Å². The lowest BCUT2D eigenvalue weighted by Crippen LogP contribution is -2.15. The van der Waals surface area contributed by atoms with Crippen molar-refractivity contribution < 1.29 is 4.79 Å². The number of rotatable bonds is 5. The second-order valence-electron chi connectivity index (χ2n) is 6.02. The van der Waals surface area contributed by atoms with Crippen LogP contribution in [0.15, 0.2) is 54.7 Å². The van der Waals surface area contributed by atoms with Gasteiger partial charge in [0.1, 0.15) is 0 Å². The van der Waals surface area contributed by atoms with Gasteiger partial charge in [-0.05, 0) is 43.4 Å². The van der Waals surface area contributed by atoms with Crippen LogP contribution in [-0.4, -0.2) is 29.9 Å². The number of fused-ring (bicyclic) bond motifs is 1. The number of carbonyl (C=O) groups excluding carboxylic acids is 1. The molecule has 3 aromatic rings. The highest BCUT2D eigenvalue weighted by molar-refractivity contribution is 5.95. The Kier molecular flexibility index (Phi) is 4.44. The van der Waals surface area contributed by atoms with E-state index in [0.717, 1.165) is 28.7 Å². The number of hydrogen-bond acceptors (Lipinski definition) is 2. The topological polar surface area (TPSA) is 48.1 Å². The minimum Gasteiger partial charge on any atom is -0.361 e. The lowest BCUT2D eigenvalue weighted by molar-refractivity contribution is -0.115. The van der Waals surface area contributed by atoms with Gasteiger partial charge in [0.05, 0.1) is 6.42 Å². The molecular weight excluding hydrogens is 286 g/mol. The van der Waals surface area contributed by atoms with Gasteiger partial charge < -0.3 is 15.2 Å². The summed E-state index contributed by atoms with van der Waals surface area (Å²) in [6.45, 7) is 0.853. The van der Waals surface area contributed by atoms with E-state index in [2.05, 4.69) is 21.3 Å². The van der Waals surface area contributed by atoms with E-state index < -0.39 is 0 Å². The third-order valence-corrected chi connectivity index (χ3v) is 3.74. The Morgan fingerprint density at radius 1 is 1.13 bits per heavy atom. The second kappa shape index (κ2) is 6.67. The zero-order chi connectivity index (χ0) is 16.2. The van der Waals surface area contributed by atoms with Crippen LogP contribution in [0.4, 0.5) is 5.69 Å². The largest absolute Gasteiger partial charge is 0.361 e. The van der Waals surface area contributed by atoms with E-state index in [-0.39, 0.29) is 5.91 Å². The smallest absolute Gasteiger partial charge is 0.228 e. The quantitative estimate of drug-likeness (QED) is 0.759. The highest BCUT2D eigenvalue weighted by Crippen LogP contribution is 2.19. The number of anilines is 1. The zero-order valence-electron chi connectivity index (χ0n) is 13.5. The van der Waals surface area contributed by atoms with Crippen LogP contribution in [0.3, 0.4) is 0 Å². The average molecular weight is 307 g/mol. The molecule has 3 rings (SSSR count). The van der Waals surface area contributed by atoms with E-state index >= 15 is 0 Å². The van der Waals surface area contributed by atoms with Gasteiger partial charge in [-0.3, -0.25) is 4.79 Å². The van der Waals surface area contributed by atoms with Crippen LogP contribution in [0.25, 0.3) is 10.9 Å². The van der Waals surface area contributed by atoms with Crippen molar-refractivity contribution in [1.82, 2.24) is 9.88 Å². The van der Waals surface area contributed by atoms with Crippen molar-refractivity contribution in [2.45, 2.75) is 13.0 Å². The lowest BCUT2D eigenvalue weighted by atomic mass is 10.1. The van der Waals surface area contributed by atoms with Crippen LogP contribution in [-0.2, 0) is 17.8 Å². The number of nitrogens with zero attached hydrogens (tertiary/aromatic N) is 1. The molecule has 0 aliphatic heterocycles. The molecule has 0 radical (unpaired) electrons. The maximum atomic E-state index is 12.3. The molecule has 1 aromatic heterocycles. The second-order valence-corrected chi connectivity index (χ2v) is 6.02. The van der Waals surface area contributed by atoms with E-state index in [1.54, 1.807) is 0 Å². The minimum absolute atomic E-state index is 0.00300. The molecule has 0 fully saturated rings. The van der Waals surface area contributed by atoms with Crippen LogP contribution in [0.1, 0.15) is 11.1 Å². The Morgan fingerprint density at radius 3 is 2.78 bits per heavy atom. The molecule has 23 heavy (non-hydrogen) atoms. The first-order chi connectivity index (χ1) is 11.1. The van der Waals surface area contributed by atoms with Gasteiger partial charge >= 0.3 is 0 Å². The monoisotopic (exact) mass is 307 g/mol. The van der Waals surface area contributed by atoms with Crippen molar-refractivity contribution >= 4 is 22.5 Å². The molecule has 1 amide bonds. The van der Waals surface area contributed by atoms with E-state index in [0.29, 0.717) is 6.42 Å². The molecule has 4 nitrogen and oxygen atoms in total. The fraction of sp³-hybridized carbons (Fsp3) is 0.211. The maximum Gasteiger partial charge on any atom is 0.228 e. The van der Waals surface area contributed by atoms with Crippen LogP contribution < -0.4 is 5.32 Å². The summed E-state index contributed by atoms with van der Waals surface area (Å²) >= 11 is 0. The fourth-order valence-corrected chi connectivity index (χ4v) is 2.77. The van der Waals surface area contributed by atoms with E-state index in [4.69, 9.17) is 0 Å². The molecule has 0 aliphatic rings. The van der Waals surface area contributed by atoms with Crippen LogP contribution in [0, 0.1) is 0 Å². The average Bonchev–Trinajstić information content (AvgIpc) is 2.90. The molecule has 0 saturated heterocycles. The predicted molar refractivity (Wildman–Crippen MR) is 94.5 cm³/mol. The van der Waals surface area contributed by atoms with Gasteiger partial charge in [-0.1, -0.05) is 30.3 Å². The minimum atomic E-state index is -0.00300. The molecular formula is C19H21N3O. The fourth-order valence-electron chi connectivity index (χ4n) is 2.77. The number of carbonyl (C=O) groups is 1. The number of para-hydroxylation sites is 1. The number of benzene rings is 2. The molecule has 0 aliphatic carbocycles. The first-order valence-electron chi connectivity index (χ1n) is 7.70. The summed E-state index contributed by atoms with van der Waals surface area (Å²) in [5, 5.41) is 4.09. The molecule has 118 valence electrons. The molecule has 4 heteroatoms. The number of hydrogen-bond donors (Lipinski definition) is 2. The molecule has 1 heterocycles. The molecule has 0 saturated carbocycles. The van der Waals surface area contributed by atoms with Crippen molar-refractivity contribution in [3.05, 3.63) is 65.9 Å². The summed E-state index contributed by atoms with van der Waals surface area (Å²) in [6.07, 6.45) is 2.27. The predicted octanol–water partition coefficient (Wildman–Crippen LogP) is 3.41. The highest BCUT2D eigenvalue weighted by atomic mass is 16.1. The molecule has 0 spiro atoms. The van der Waals surface area contributed by atoms with E-state index in [1.165, 1.54) is 5.56 Å². The third kappa shape index (κ3) is 3.79. The number of nitrogens with one attached hydrogen (secondary N) is 2. The van der Waals surface area contributed by atoms with Crippen molar-refractivity contribution in [1.29, 1.82) is 0 Å². The number of aromatic nitrogens is 1.